The van der Waals surface area contributed by atoms with E-state index in [1.165, 1.54) is 38.5 Å². The SMILES string of the molecule is CCCCCCCCCCCC(Br)S(=O)(=O)O. The van der Waals surface area contributed by atoms with Gasteiger partial charge in [0.05, 0.1) is 0 Å². The van der Waals surface area contributed by atoms with E-state index in [4.69, 9.17) is 4.55 Å². The monoisotopic (exact) mass is 328 g/mol. The predicted molar refractivity (Wildman–Crippen MR) is 76.1 cm³/mol. The Bertz CT molecular complexity index is 265. The number of hydrogen-bond donors (Lipinski definition) is 1. The van der Waals surface area contributed by atoms with Crippen molar-refractivity contribution in [1.82, 2.24) is 0 Å². The van der Waals surface area contributed by atoms with Gasteiger partial charge in [-0.2, -0.15) is 8.42 Å². The quantitative estimate of drug-likeness (QED) is 0.344. The molecule has 0 radical (unpaired) electrons. The second-order valence-corrected chi connectivity index (χ2v) is 7.85. The van der Waals surface area contributed by atoms with Gasteiger partial charge in [-0.25, -0.2) is 0 Å². The summed E-state index contributed by atoms with van der Waals surface area (Å²) in [6, 6.07) is 0. The standard InChI is InChI=1S/C12H25BrO3S/c1-2-3-4-5-6-7-8-9-10-11-12(13)17(14,15)16/h12H,2-11H2,1H3,(H,14,15,16). The molecule has 1 N–H and O–H groups in total. The summed E-state index contributed by atoms with van der Waals surface area (Å²) in [6.07, 6.45) is 11.4. The maximum Gasteiger partial charge on any atom is 0.277 e. The fourth-order valence-electron chi connectivity index (χ4n) is 1.76. The van der Waals surface area contributed by atoms with Gasteiger partial charge < -0.3 is 0 Å². The van der Waals surface area contributed by atoms with Gasteiger partial charge in [0.15, 0.2) is 0 Å². The highest BCUT2D eigenvalue weighted by Crippen LogP contribution is 2.17. The van der Waals surface area contributed by atoms with Crippen molar-refractivity contribution in [3.05, 3.63) is 0 Å². The maximum atomic E-state index is 10.7. The van der Waals surface area contributed by atoms with Crippen LogP contribution in [0, 0.1) is 0 Å². The number of halogens is 1. The van der Waals surface area contributed by atoms with Gasteiger partial charge in [0.2, 0.25) is 0 Å². The first-order chi connectivity index (χ1) is 7.98. The van der Waals surface area contributed by atoms with Crippen molar-refractivity contribution in [2.24, 2.45) is 0 Å². The number of alkyl halides is 1. The van der Waals surface area contributed by atoms with E-state index in [-0.39, 0.29) is 0 Å². The largest absolute Gasteiger partial charge is 0.285 e. The number of rotatable bonds is 11. The third-order valence-corrected chi connectivity index (χ3v) is 5.61. The fraction of sp³-hybridized carbons (Fsp3) is 1.00. The molecule has 0 amide bonds. The van der Waals surface area contributed by atoms with Crippen LogP contribution in [0.25, 0.3) is 0 Å². The van der Waals surface area contributed by atoms with Crippen LogP contribution in [0.2, 0.25) is 0 Å². The molecule has 0 spiro atoms. The zero-order valence-corrected chi connectivity index (χ0v) is 13.1. The molecule has 0 heterocycles. The van der Waals surface area contributed by atoms with E-state index in [0.29, 0.717) is 6.42 Å². The lowest BCUT2D eigenvalue weighted by atomic mass is 10.1. The number of hydrogen-bond acceptors (Lipinski definition) is 2. The van der Waals surface area contributed by atoms with Crippen molar-refractivity contribution in [1.29, 1.82) is 0 Å². The molecule has 0 aliphatic carbocycles. The van der Waals surface area contributed by atoms with Gasteiger partial charge in [0.25, 0.3) is 10.1 Å². The average Bonchev–Trinajstić information content (AvgIpc) is 2.25. The molecular formula is C12H25BrO3S. The van der Waals surface area contributed by atoms with Crippen molar-refractivity contribution in [3.63, 3.8) is 0 Å². The molecule has 3 nitrogen and oxygen atoms in total. The Morgan fingerprint density at radius 2 is 1.35 bits per heavy atom. The fourth-order valence-corrected chi connectivity index (χ4v) is 2.55. The van der Waals surface area contributed by atoms with Crippen LogP contribution in [0.5, 0.6) is 0 Å². The first-order valence-electron chi connectivity index (χ1n) is 6.59. The molecule has 0 aliphatic rings. The van der Waals surface area contributed by atoms with E-state index in [1.807, 2.05) is 0 Å². The molecule has 0 bridgehead atoms. The van der Waals surface area contributed by atoms with E-state index in [1.54, 1.807) is 0 Å². The molecule has 104 valence electrons. The molecule has 1 unspecified atom stereocenters. The van der Waals surface area contributed by atoms with Gasteiger partial charge in [-0.15, -0.1) is 0 Å². The van der Waals surface area contributed by atoms with E-state index in [2.05, 4.69) is 22.9 Å². The van der Waals surface area contributed by atoms with E-state index >= 15 is 0 Å². The molecule has 0 saturated carbocycles. The summed E-state index contributed by atoms with van der Waals surface area (Å²) >= 11 is 2.97. The van der Waals surface area contributed by atoms with Crippen LogP contribution in [0.3, 0.4) is 0 Å². The van der Waals surface area contributed by atoms with Crippen molar-refractivity contribution in [2.75, 3.05) is 0 Å². The van der Waals surface area contributed by atoms with Gasteiger partial charge in [0, 0.05) is 0 Å². The first-order valence-corrected chi connectivity index (χ1v) is 9.00. The Kier molecular flexibility index (Phi) is 10.6. The average molecular weight is 329 g/mol. The van der Waals surface area contributed by atoms with Crippen LogP contribution in [0.1, 0.15) is 71.1 Å². The lowest BCUT2D eigenvalue weighted by Gasteiger charge is -2.06. The third kappa shape index (κ3) is 11.2. The summed E-state index contributed by atoms with van der Waals surface area (Å²) in [4.78, 5) is 0. The smallest absolute Gasteiger partial charge is 0.277 e. The molecule has 0 saturated heterocycles. The lowest BCUT2D eigenvalue weighted by Crippen LogP contribution is -2.12. The minimum atomic E-state index is -3.89. The van der Waals surface area contributed by atoms with Gasteiger partial charge in [-0.3, -0.25) is 4.55 Å². The summed E-state index contributed by atoms with van der Waals surface area (Å²) in [6.45, 7) is 2.21. The lowest BCUT2D eigenvalue weighted by molar-refractivity contribution is 0.475. The van der Waals surface area contributed by atoms with Crippen LogP contribution in [-0.2, 0) is 10.1 Å². The van der Waals surface area contributed by atoms with E-state index in [0.717, 1.165) is 19.3 Å². The highest BCUT2D eigenvalue weighted by molar-refractivity contribution is 9.11. The summed E-state index contributed by atoms with van der Waals surface area (Å²) in [5.74, 6) is 0. The molecular weight excluding hydrogens is 304 g/mol. The minimum absolute atomic E-state index is 0.495. The molecule has 0 aliphatic heterocycles. The third-order valence-electron chi connectivity index (χ3n) is 2.86. The molecule has 1 atom stereocenters. The first kappa shape index (κ1) is 17.4. The normalized spacial score (nSPS) is 13.8. The van der Waals surface area contributed by atoms with Crippen LogP contribution in [-0.4, -0.2) is 17.1 Å². The molecule has 5 heteroatoms. The van der Waals surface area contributed by atoms with E-state index < -0.39 is 14.3 Å². The Labute approximate surface area is 114 Å². The second-order valence-electron chi connectivity index (χ2n) is 4.54. The highest BCUT2D eigenvalue weighted by Gasteiger charge is 2.17. The Morgan fingerprint density at radius 1 is 0.941 bits per heavy atom. The van der Waals surface area contributed by atoms with Crippen LogP contribution in [0.4, 0.5) is 0 Å². The summed E-state index contributed by atoms with van der Waals surface area (Å²) in [5, 5.41) is 0. The minimum Gasteiger partial charge on any atom is -0.285 e. The molecule has 0 rings (SSSR count). The highest BCUT2D eigenvalue weighted by atomic mass is 79.9. The van der Waals surface area contributed by atoms with Gasteiger partial charge in [0.1, 0.15) is 4.16 Å². The van der Waals surface area contributed by atoms with Crippen molar-refractivity contribution in [2.45, 2.75) is 75.3 Å². The van der Waals surface area contributed by atoms with Crippen LogP contribution < -0.4 is 0 Å². The van der Waals surface area contributed by atoms with Crippen molar-refractivity contribution >= 4 is 26.0 Å². The van der Waals surface area contributed by atoms with Crippen molar-refractivity contribution < 1.29 is 13.0 Å². The predicted octanol–water partition coefficient (Wildman–Crippen LogP) is 4.52. The Hall–Kier alpha value is 0.390. The molecule has 0 aromatic heterocycles. The second kappa shape index (κ2) is 10.3. The van der Waals surface area contributed by atoms with Crippen LogP contribution >= 0.6 is 15.9 Å². The van der Waals surface area contributed by atoms with Crippen LogP contribution in [0.15, 0.2) is 0 Å². The van der Waals surface area contributed by atoms with E-state index in [9.17, 15) is 8.42 Å². The topological polar surface area (TPSA) is 54.4 Å². The Balaban J connectivity index is 3.24. The van der Waals surface area contributed by atoms with Gasteiger partial charge in [-0.05, 0) is 6.42 Å². The molecule has 0 aromatic carbocycles. The Morgan fingerprint density at radius 3 is 1.76 bits per heavy atom. The zero-order chi connectivity index (χ0) is 13.1. The summed E-state index contributed by atoms with van der Waals surface area (Å²) in [5.41, 5.74) is 0. The van der Waals surface area contributed by atoms with Crippen molar-refractivity contribution in [3.8, 4) is 0 Å². The molecule has 0 aromatic rings. The van der Waals surface area contributed by atoms with Gasteiger partial charge in [-0.1, -0.05) is 80.6 Å². The summed E-state index contributed by atoms with van der Waals surface area (Å²) in [7, 11) is -3.89. The molecule has 17 heavy (non-hydrogen) atoms. The number of unbranched alkanes of at least 4 members (excludes halogenated alkanes) is 8. The zero-order valence-electron chi connectivity index (χ0n) is 10.7. The maximum absolute atomic E-state index is 10.7. The molecule has 0 fully saturated rings. The summed E-state index contributed by atoms with van der Waals surface area (Å²) < 4.78 is 29.4. The van der Waals surface area contributed by atoms with Gasteiger partial charge >= 0.3 is 0 Å².